The number of allylic oxidation sites excluding steroid dienone is 2. The van der Waals surface area contributed by atoms with Crippen LogP contribution < -0.4 is 10.5 Å². The van der Waals surface area contributed by atoms with Crippen molar-refractivity contribution in [3.05, 3.63) is 264 Å². The molecule has 2 aliphatic rings. The third-order valence-corrected chi connectivity index (χ3v) is 43.3. The van der Waals surface area contributed by atoms with Crippen LogP contribution >= 0.6 is 17.2 Å². The van der Waals surface area contributed by atoms with E-state index in [2.05, 4.69) is 217 Å². The molecule has 10 aromatic carbocycles. The van der Waals surface area contributed by atoms with Crippen molar-refractivity contribution in [2.24, 2.45) is 0 Å². The molecular weight excluding hydrogens is 1090 g/mol. The topological polar surface area (TPSA) is 58.2 Å². The summed E-state index contributed by atoms with van der Waals surface area (Å²) in [5.41, 5.74) is 16.3. The van der Waals surface area contributed by atoms with Crippen molar-refractivity contribution in [3.63, 3.8) is 0 Å². The van der Waals surface area contributed by atoms with Crippen molar-refractivity contribution in [2.75, 3.05) is 0 Å². The van der Waals surface area contributed by atoms with Crippen LogP contribution in [0.25, 0.3) is 89.4 Å². The van der Waals surface area contributed by atoms with Crippen LogP contribution in [0.2, 0.25) is 0 Å². The van der Waals surface area contributed by atoms with E-state index >= 15 is 0 Å². The summed E-state index contributed by atoms with van der Waals surface area (Å²) >= 11 is -6.58. The summed E-state index contributed by atoms with van der Waals surface area (Å²) in [6.07, 6.45) is 5.78. The Labute approximate surface area is 427 Å². The van der Waals surface area contributed by atoms with E-state index in [4.69, 9.17) is 17.2 Å². The van der Waals surface area contributed by atoms with E-state index in [9.17, 15) is 9.59 Å². The molecule has 0 bridgehead atoms. The molecule has 8 heteroatoms. The number of amides is 2. The van der Waals surface area contributed by atoms with Crippen molar-refractivity contribution in [1.82, 2.24) is 10.5 Å². The summed E-state index contributed by atoms with van der Waals surface area (Å²) in [6.45, 7) is 0. The second-order valence-electron chi connectivity index (χ2n) is 18.8. The van der Waals surface area contributed by atoms with E-state index < -0.39 is 27.8 Å². The van der Waals surface area contributed by atoms with Gasteiger partial charge in [-0.3, -0.25) is 0 Å². The maximum absolute atomic E-state index is 13.1. The molecule has 0 saturated carbocycles. The second kappa shape index (κ2) is 18.7. The summed E-state index contributed by atoms with van der Waals surface area (Å²) in [4.78, 5) is 26.3. The normalized spacial score (nSPS) is 15.4. The van der Waals surface area contributed by atoms with E-state index in [1.165, 1.54) is 0 Å². The van der Waals surface area contributed by atoms with Crippen LogP contribution in [0.5, 0.6) is 0 Å². The molecular formula is C64H46BCl2HfN2O2. The van der Waals surface area contributed by atoms with Gasteiger partial charge in [0, 0.05) is 0 Å². The number of benzene rings is 10. The molecule has 2 unspecified atom stereocenters. The molecule has 10 aromatic rings. The minimum atomic E-state index is -6.58. The monoisotopic (exact) mass is 1140 g/mol. The van der Waals surface area contributed by atoms with Gasteiger partial charge in [-0.2, -0.15) is 0 Å². The van der Waals surface area contributed by atoms with Gasteiger partial charge in [0.15, 0.2) is 0 Å². The van der Waals surface area contributed by atoms with Crippen molar-refractivity contribution < 1.29 is 25.5 Å². The minimum absolute atomic E-state index is 0.624. The quantitative estimate of drug-likeness (QED) is 0.0893. The van der Waals surface area contributed by atoms with Crippen molar-refractivity contribution in [1.29, 1.82) is 0 Å². The first-order valence-corrected chi connectivity index (χ1v) is 39.4. The van der Waals surface area contributed by atoms with Gasteiger partial charge in [0.05, 0.1) is 0 Å². The summed E-state index contributed by atoms with van der Waals surface area (Å²) < 4.78 is -2.41. The van der Waals surface area contributed by atoms with E-state index in [-0.39, 0.29) is 0 Å². The SMILES string of the molecule is O=CN[B](NC=O)[Hf]([Cl])([Cl])([CH]1C(c2ccccc2)=Cc2c(-c3ccccc3-c3cccc4ccccc34)cccc21)[CH]1C(c2ccccc2)=Cc2c(-c3ccccc3-c3cccc4ccccc34)cccc21. The molecule has 2 atom stereocenters. The van der Waals surface area contributed by atoms with E-state index in [0.717, 1.165) is 111 Å². The van der Waals surface area contributed by atoms with Gasteiger partial charge in [0.1, 0.15) is 0 Å². The second-order valence-corrected chi connectivity index (χ2v) is 49.2. The molecule has 0 radical (unpaired) electrons. The summed E-state index contributed by atoms with van der Waals surface area (Å²) in [5.74, 6) is 0. The molecule has 2 amide bonds. The first kappa shape index (κ1) is 45.8. The van der Waals surface area contributed by atoms with Crippen LogP contribution in [0.15, 0.2) is 231 Å². The average molecular weight is 1140 g/mol. The number of nitrogens with one attached hydrogen (secondary N) is 2. The Morgan fingerprint density at radius 1 is 0.361 bits per heavy atom. The Hall–Kier alpha value is -7.34. The van der Waals surface area contributed by atoms with E-state index in [1.54, 1.807) is 0 Å². The molecule has 12 rings (SSSR count). The molecule has 0 saturated heterocycles. The van der Waals surface area contributed by atoms with Crippen LogP contribution in [0.1, 0.15) is 40.7 Å². The number of rotatable bonds is 13. The van der Waals surface area contributed by atoms with Gasteiger partial charge >= 0.3 is 431 Å². The zero-order valence-electron chi connectivity index (χ0n) is 39.1. The first-order valence-electron chi connectivity index (χ1n) is 24.3. The van der Waals surface area contributed by atoms with Gasteiger partial charge in [0.2, 0.25) is 0 Å². The molecule has 0 spiro atoms. The van der Waals surface area contributed by atoms with Crippen LogP contribution in [0, 0.1) is 0 Å². The van der Waals surface area contributed by atoms with Gasteiger partial charge in [-0.25, -0.2) is 0 Å². The Balaban J connectivity index is 1.13. The molecule has 0 aliphatic heterocycles. The van der Waals surface area contributed by atoms with Crippen molar-refractivity contribution >= 4 is 79.4 Å². The van der Waals surface area contributed by atoms with Crippen LogP contribution in [-0.2, 0) is 25.5 Å². The Morgan fingerprint density at radius 2 is 0.681 bits per heavy atom. The van der Waals surface area contributed by atoms with Gasteiger partial charge < -0.3 is 0 Å². The fourth-order valence-electron chi connectivity index (χ4n) is 12.1. The number of carbonyl (C=O) groups excluding carboxylic acids is 2. The number of fused-ring (bicyclic) bond motifs is 4. The molecule has 0 heterocycles. The number of halogens is 2. The standard InChI is InChI=1S/2C31H21.C2H3BN2O2.2ClH.Hf/c2*1-2-10-22(11-3-1)25-20-24-14-9-19-30(31(24)21-25)29-17-7-6-16-28(29)27-18-8-13-23-12-4-5-15-26(23)27;6-1-4-3-5-2-7;;;/h2*1-21H;1-2H,(H-,4,5,6,7);2*1H;/q;;;;;+1/p-1. The Bertz CT molecular complexity index is 3580. The zero-order valence-corrected chi connectivity index (χ0v) is 44.2. The predicted octanol–water partition coefficient (Wildman–Crippen LogP) is 16.0. The molecule has 0 aromatic heterocycles. The average Bonchev–Trinajstić information content (AvgIpc) is 4.06. The maximum atomic E-state index is 13.1. The van der Waals surface area contributed by atoms with Gasteiger partial charge in [-0.1, -0.05) is 0 Å². The fraction of sp³-hybridized carbons (Fsp3) is 0.0312. The molecule has 2 N–H and O–H groups in total. The number of hydrogen-bond acceptors (Lipinski definition) is 2. The molecule has 4 nitrogen and oxygen atoms in total. The van der Waals surface area contributed by atoms with Crippen molar-refractivity contribution in [2.45, 2.75) is 7.35 Å². The van der Waals surface area contributed by atoms with Crippen LogP contribution in [-0.4, -0.2) is 17.4 Å². The van der Waals surface area contributed by atoms with Gasteiger partial charge in [-0.05, 0) is 0 Å². The first-order chi connectivity index (χ1) is 35.4. The molecule has 345 valence electrons. The summed E-state index contributed by atoms with van der Waals surface area (Å²) in [6, 6.07) is 80.5. The zero-order chi connectivity index (χ0) is 48.8. The van der Waals surface area contributed by atoms with Crippen molar-refractivity contribution in [3.8, 4) is 44.5 Å². The third-order valence-electron chi connectivity index (χ3n) is 15.1. The third kappa shape index (κ3) is 7.46. The van der Waals surface area contributed by atoms with E-state index in [0.29, 0.717) is 12.8 Å². The Kier molecular flexibility index (Phi) is 11.9. The number of hydrogen-bond donors (Lipinski definition) is 2. The summed E-state index contributed by atoms with van der Waals surface area (Å²) in [5, 5.41) is 10.8. The summed E-state index contributed by atoms with van der Waals surface area (Å²) in [7, 11) is 18.2. The molecule has 72 heavy (non-hydrogen) atoms. The predicted molar refractivity (Wildman–Crippen MR) is 300 cm³/mol. The molecule has 2 aliphatic carbocycles. The van der Waals surface area contributed by atoms with Crippen LogP contribution in [0.3, 0.4) is 0 Å². The van der Waals surface area contributed by atoms with Gasteiger partial charge in [0.25, 0.3) is 0 Å². The van der Waals surface area contributed by atoms with Crippen LogP contribution in [0.4, 0.5) is 0 Å². The fourth-order valence-corrected chi connectivity index (χ4v) is 40.3. The number of carbonyl (C=O) groups is 2. The molecule has 0 fully saturated rings. The Morgan fingerprint density at radius 3 is 1.10 bits per heavy atom. The van der Waals surface area contributed by atoms with E-state index in [1.807, 2.05) is 36.4 Å². The van der Waals surface area contributed by atoms with Gasteiger partial charge in [-0.15, -0.1) is 0 Å².